The molecular formula is C22H31NO3. The van der Waals surface area contributed by atoms with Crippen molar-refractivity contribution >= 4 is 0 Å². The van der Waals surface area contributed by atoms with Crippen molar-refractivity contribution in [1.82, 2.24) is 4.74 Å². The third kappa shape index (κ3) is 4.67. The van der Waals surface area contributed by atoms with Gasteiger partial charge in [0.1, 0.15) is 0 Å². The number of nitrogens with zero attached hydrogens (tertiary/aromatic N) is 1. The summed E-state index contributed by atoms with van der Waals surface area (Å²) < 4.78 is 13.3. The minimum absolute atomic E-state index is 0.162. The quantitative estimate of drug-likeness (QED) is 0.540. The molecule has 2 heterocycles. The number of benzene rings is 1. The lowest BCUT2D eigenvalue weighted by Gasteiger charge is -2.24. The maximum absolute atomic E-state index is 12.6. The van der Waals surface area contributed by atoms with E-state index in [2.05, 4.69) is 6.92 Å². The van der Waals surface area contributed by atoms with E-state index in [1.807, 2.05) is 30.3 Å². The molecule has 1 aromatic carbocycles. The molecule has 3 rings (SSSR count). The monoisotopic (exact) mass is 357 g/mol. The second kappa shape index (κ2) is 9.77. The van der Waals surface area contributed by atoms with E-state index in [9.17, 15) is 4.79 Å². The molecule has 1 aromatic heterocycles. The van der Waals surface area contributed by atoms with Crippen LogP contribution < -0.4 is 5.63 Å². The number of unbranched alkanes of at least 4 members (excludes halogenated alkanes) is 5. The van der Waals surface area contributed by atoms with Gasteiger partial charge in [-0.3, -0.25) is 0 Å². The van der Waals surface area contributed by atoms with E-state index in [1.54, 1.807) is 4.74 Å². The molecule has 1 atom stereocenters. The molecule has 142 valence electrons. The first-order valence-electron chi connectivity index (χ1n) is 10.2. The lowest BCUT2D eigenvalue weighted by Crippen LogP contribution is -2.18. The van der Waals surface area contributed by atoms with Crippen molar-refractivity contribution in [3.63, 3.8) is 0 Å². The maximum Gasteiger partial charge on any atom is 0.361 e. The van der Waals surface area contributed by atoms with Crippen molar-refractivity contribution in [2.45, 2.75) is 77.4 Å². The first kappa shape index (κ1) is 19.0. The standard InChI is InChI=1S/C22H31NO3/c1-2-3-4-5-6-10-15-19-21(18-13-8-7-9-14-18)23(26-22(19)24)20-16-11-12-17-25-20/h7-9,13-14,20H,2-6,10-12,15-17H2,1H3. The van der Waals surface area contributed by atoms with Gasteiger partial charge in [0.15, 0.2) is 6.23 Å². The summed E-state index contributed by atoms with van der Waals surface area (Å²) >= 11 is 0. The van der Waals surface area contributed by atoms with E-state index in [-0.39, 0.29) is 11.9 Å². The first-order chi connectivity index (χ1) is 12.8. The Balaban J connectivity index is 1.81. The van der Waals surface area contributed by atoms with Crippen molar-refractivity contribution in [3.05, 3.63) is 46.3 Å². The van der Waals surface area contributed by atoms with E-state index in [0.29, 0.717) is 0 Å². The maximum atomic E-state index is 12.6. The molecule has 0 spiro atoms. The number of hydrogen-bond donors (Lipinski definition) is 0. The van der Waals surface area contributed by atoms with Crippen molar-refractivity contribution in [3.8, 4) is 11.3 Å². The molecule has 0 amide bonds. The fourth-order valence-corrected chi connectivity index (χ4v) is 3.73. The largest absolute Gasteiger partial charge is 0.361 e. The minimum Gasteiger partial charge on any atom is -0.355 e. The average Bonchev–Trinajstić information content (AvgIpc) is 3.02. The van der Waals surface area contributed by atoms with Crippen LogP contribution in [0.25, 0.3) is 11.3 Å². The summed E-state index contributed by atoms with van der Waals surface area (Å²) in [7, 11) is 0. The van der Waals surface area contributed by atoms with Gasteiger partial charge in [-0.05, 0) is 32.1 Å². The van der Waals surface area contributed by atoms with Crippen LogP contribution in [0.3, 0.4) is 0 Å². The molecule has 0 aliphatic carbocycles. The van der Waals surface area contributed by atoms with Crippen LogP contribution in [0.2, 0.25) is 0 Å². The Morgan fingerprint density at radius 2 is 1.81 bits per heavy atom. The molecule has 0 N–H and O–H groups in total. The summed E-state index contributed by atoms with van der Waals surface area (Å²) in [5.74, 6) is 0. The van der Waals surface area contributed by atoms with Gasteiger partial charge < -0.3 is 9.26 Å². The van der Waals surface area contributed by atoms with E-state index >= 15 is 0 Å². The molecule has 4 heteroatoms. The molecular weight excluding hydrogens is 326 g/mol. The van der Waals surface area contributed by atoms with E-state index in [1.165, 1.54) is 32.1 Å². The van der Waals surface area contributed by atoms with Crippen molar-refractivity contribution in [1.29, 1.82) is 0 Å². The molecule has 26 heavy (non-hydrogen) atoms. The van der Waals surface area contributed by atoms with Crippen LogP contribution in [0, 0.1) is 0 Å². The zero-order valence-corrected chi connectivity index (χ0v) is 15.9. The molecule has 2 aromatic rings. The highest BCUT2D eigenvalue weighted by Crippen LogP contribution is 2.31. The predicted octanol–water partition coefficient (Wildman–Crippen LogP) is 5.71. The number of aromatic nitrogens is 1. The van der Waals surface area contributed by atoms with Gasteiger partial charge in [-0.25, -0.2) is 4.79 Å². The van der Waals surface area contributed by atoms with Crippen LogP contribution in [0.4, 0.5) is 0 Å². The van der Waals surface area contributed by atoms with Crippen molar-refractivity contribution in [2.75, 3.05) is 6.61 Å². The zero-order chi connectivity index (χ0) is 18.2. The molecule has 1 saturated heterocycles. The van der Waals surface area contributed by atoms with Gasteiger partial charge in [-0.2, -0.15) is 4.74 Å². The third-order valence-electron chi connectivity index (χ3n) is 5.18. The van der Waals surface area contributed by atoms with E-state index < -0.39 is 0 Å². The van der Waals surface area contributed by atoms with Crippen LogP contribution in [0.5, 0.6) is 0 Å². The lowest BCUT2D eigenvalue weighted by atomic mass is 10.0. The summed E-state index contributed by atoms with van der Waals surface area (Å²) in [6.45, 7) is 2.96. The van der Waals surface area contributed by atoms with Crippen LogP contribution >= 0.6 is 0 Å². The van der Waals surface area contributed by atoms with Crippen molar-refractivity contribution < 1.29 is 9.26 Å². The molecule has 0 saturated carbocycles. The smallest absolute Gasteiger partial charge is 0.355 e. The minimum atomic E-state index is -0.202. The summed E-state index contributed by atoms with van der Waals surface area (Å²) in [4.78, 5) is 12.6. The Labute approximate surface area is 156 Å². The van der Waals surface area contributed by atoms with E-state index in [4.69, 9.17) is 9.26 Å². The molecule has 0 radical (unpaired) electrons. The van der Waals surface area contributed by atoms with E-state index in [0.717, 1.165) is 55.5 Å². The second-order valence-corrected chi connectivity index (χ2v) is 7.24. The van der Waals surface area contributed by atoms with Gasteiger partial charge in [-0.15, -0.1) is 0 Å². The number of hydrogen-bond acceptors (Lipinski definition) is 3. The normalized spacial score (nSPS) is 17.5. The molecule has 1 fully saturated rings. The highest BCUT2D eigenvalue weighted by molar-refractivity contribution is 5.62. The Hall–Kier alpha value is -1.81. The lowest BCUT2D eigenvalue weighted by molar-refractivity contribution is -0.0733. The molecule has 1 aliphatic heterocycles. The van der Waals surface area contributed by atoms with Crippen molar-refractivity contribution in [2.24, 2.45) is 0 Å². The van der Waals surface area contributed by atoms with Crippen LogP contribution in [0.15, 0.2) is 39.6 Å². The van der Waals surface area contributed by atoms with Crippen LogP contribution in [-0.2, 0) is 11.2 Å². The second-order valence-electron chi connectivity index (χ2n) is 7.24. The van der Waals surface area contributed by atoms with Crippen LogP contribution in [-0.4, -0.2) is 11.3 Å². The molecule has 1 aliphatic rings. The summed E-state index contributed by atoms with van der Waals surface area (Å²) in [6.07, 6.45) is 11.0. The fourth-order valence-electron chi connectivity index (χ4n) is 3.73. The Morgan fingerprint density at radius 1 is 1.04 bits per heavy atom. The Kier molecular flexibility index (Phi) is 7.13. The fraction of sp³-hybridized carbons (Fsp3) is 0.591. The zero-order valence-electron chi connectivity index (χ0n) is 15.9. The van der Waals surface area contributed by atoms with Gasteiger partial charge in [0.25, 0.3) is 0 Å². The van der Waals surface area contributed by atoms with Crippen LogP contribution in [0.1, 0.15) is 76.5 Å². The highest BCUT2D eigenvalue weighted by atomic mass is 16.6. The highest BCUT2D eigenvalue weighted by Gasteiger charge is 2.25. The topological polar surface area (TPSA) is 44.4 Å². The molecule has 0 bridgehead atoms. The third-order valence-corrected chi connectivity index (χ3v) is 5.18. The Morgan fingerprint density at radius 3 is 2.54 bits per heavy atom. The predicted molar refractivity (Wildman–Crippen MR) is 104 cm³/mol. The summed E-state index contributed by atoms with van der Waals surface area (Å²) in [5, 5.41) is 0. The summed E-state index contributed by atoms with van der Waals surface area (Å²) in [5.41, 5.74) is 2.55. The average molecular weight is 357 g/mol. The molecule has 4 nitrogen and oxygen atoms in total. The van der Waals surface area contributed by atoms with Gasteiger partial charge in [-0.1, -0.05) is 69.4 Å². The van der Waals surface area contributed by atoms with Gasteiger partial charge in [0.2, 0.25) is 0 Å². The first-order valence-corrected chi connectivity index (χ1v) is 10.2. The number of ether oxygens (including phenoxy) is 1. The molecule has 1 unspecified atom stereocenters. The number of rotatable bonds is 9. The van der Waals surface area contributed by atoms with Gasteiger partial charge >= 0.3 is 5.63 Å². The Bertz CT molecular complexity index is 711. The summed E-state index contributed by atoms with van der Waals surface area (Å²) in [6, 6.07) is 10.1. The van der Waals surface area contributed by atoms with Gasteiger partial charge in [0, 0.05) is 12.2 Å². The SMILES string of the molecule is CCCCCCCCc1c(-c2ccccc2)n(C2CCCCO2)oc1=O. The van der Waals surface area contributed by atoms with Gasteiger partial charge in [0.05, 0.1) is 11.3 Å².